The van der Waals surface area contributed by atoms with Gasteiger partial charge in [-0.1, -0.05) is 39.0 Å². The lowest BCUT2D eigenvalue weighted by atomic mass is 9.84. The Morgan fingerprint density at radius 1 is 1.36 bits per heavy atom. The highest BCUT2D eigenvalue weighted by atomic mass is 31.2. The number of ether oxygens (including phenoxy) is 3. The van der Waals surface area contributed by atoms with Crippen LogP contribution in [0.15, 0.2) is 41.5 Å². The van der Waals surface area contributed by atoms with Gasteiger partial charge in [-0.3, -0.25) is 19.8 Å². The molecule has 6 N–H and O–H groups in total. The molecule has 5 atom stereocenters. The number of nitrogens with one attached hydrogen (secondary N) is 1. The molecule has 14 heteroatoms. The number of nitrogens with zero attached hydrogens (tertiary/aromatic N) is 3. The first-order chi connectivity index (χ1) is 17.0. The second kappa shape index (κ2) is 10.5. The Kier molecular flexibility index (Phi) is 7.57. The molecular weight excluding hydrogens is 491 g/mol. The molecule has 3 heterocycles. The van der Waals surface area contributed by atoms with Gasteiger partial charge in [0.15, 0.2) is 17.8 Å². The molecule has 4 rings (SSSR count). The molecule has 0 amide bonds. The number of benzene rings is 1. The number of nitrogen functional groups attached to an aromatic ring is 1. The lowest BCUT2D eigenvalue weighted by Gasteiger charge is -2.36. The molecule has 36 heavy (non-hydrogen) atoms. The SMILES string of the molecule is CC(C)(C)C(OC(=O)COc1ccccc1)[C@H]1O[C@@H](n2cnc3c(=O)[nH]c(N)nc32)C[C@@H]1OP(N)O. The Morgan fingerprint density at radius 3 is 2.75 bits per heavy atom. The summed E-state index contributed by atoms with van der Waals surface area (Å²) in [5.74, 6) is -0.141. The summed E-state index contributed by atoms with van der Waals surface area (Å²) in [7, 11) is -2.24. The van der Waals surface area contributed by atoms with Gasteiger partial charge in [-0.2, -0.15) is 4.98 Å². The molecule has 0 radical (unpaired) electrons. The maximum Gasteiger partial charge on any atom is 0.344 e. The minimum Gasteiger partial charge on any atom is -0.482 e. The number of fused-ring (bicyclic) bond motifs is 1. The monoisotopic (exact) mass is 520 g/mol. The average molecular weight is 520 g/mol. The highest BCUT2D eigenvalue weighted by Crippen LogP contribution is 2.42. The molecule has 1 aliphatic heterocycles. The average Bonchev–Trinajstić information content (AvgIpc) is 3.39. The lowest BCUT2D eigenvalue weighted by molar-refractivity contribution is -0.176. The van der Waals surface area contributed by atoms with Crippen molar-refractivity contribution in [3.63, 3.8) is 0 Å². The molecule has 0 aliphatic carbocycles. The number of nitrogens with two attached hydrogens (primary N) is 2. The van der Waals surface area contributed by atoms with Crippen molar-refractivity contribution >= 4 is 31.6 Å². The number of aromatic nitrogens is 4. The molecule has 2 aromatic heterocycles. The van der Waals surface area contributed by atoms with Crippen LogP contribution in [-0.2, 0) is 18.8 Å². The lowest BCUT2D eigenvalue weighted by Crippen LogP contribution is -2.47. The molecule has 2 unspecified atom stereocenters. The molecule has 13 nitrogen and oxygen atoms in total. The number of hydrogen-bond donors (Lipinski definition) is 4. The first-order valence-corrected chi connectivity index (χ1v) is 12.5. The van der Waals surface area contributed by atoms with Crippen molar-refractivity contribution in [2.45, 2.75) is 51.7 Å². The molecule has 194 valence electrons. The van der Waals surface area contributed by atoms with E-state index in [0.29, 0.717) is 5.75 Å². The van der Waals surface area contributed by atoms with Gasteiger partial charge in [0.2, 0.25) is 14.5 Å². The van der Waals surface area contributed by atoms with Crippen LogP contribution in [0.4, 0.5) is 5.95 Å². The topological polar surface area (TPSA) is 190 Å². The van der Waals surface area contributed by atoms with Gasteiger partial charge in [0.25, 0.3) is 5.56 Å². The van der Waals surface area contributed by atoms with E-state index in [-0.39, 0.29) is 30.1 Å². The van der Waals surface area contributed by atoms with Gasteiger partial charge in [0.1, 0.15) is 24.2 Å². The van der Waals surface area contributed by atoms with Crippen LogP contribution in [0.2, 0.25) is 0 Å². The van der Waals surface area contributed by atoms with Gasteiger partial charge in [-0.05, 0) is 12.1 Å². The number of rotatable bonds is 8. The number of anilines is 1. The molecule has 0 saturated carbocycles. The van der Waals surface area contributed by atoms with Crippen LogP contribution in [-0.4, -0.2) is 55.3 Å². The van der Waals surface area contributed by atoms with Gasteiger partial charge in [-0.25, -0.2) is 9.78 Å². The fourth-order valence-electron chi connectivity index (χ4n) is 4.07. The fraction of sp³-hybridized carbons (Fsp3) is 0.455. The third-order valence-electron chi connectivity index (χ3n) is 5.63. The Balaban J connectivity index is 1.58. The van der Waals surface area contributed by atoms with Crippen molar-refractivity contribution in [3.05, 3.63) is 47.0 Å². The molecule has 0 spiro atoms. The fourth-order valence-corrected chi connectivity index (χ4v) is 4.55. The van der Waals surface area contributed by atoms with E-state index in [0.717, 1.165) is 0 Å². The van der Waals surface area contributed by atoms with E-state index in [4.69, 9.17) is 30.0 Å². The van der Waals surface area contributed by atoms with Gasteiger partial charge < -0.3 is 29.4 Å². The van der Waals surface area contributed by atoms with Crippen LogP contribution in [0.5, 0.6) is 5.75 Å². The largest absolute Gasteiger partial charge is 0.482 e. The maximum absolute atomic E-state index is 12.7. The van der Waals surface area contributed by atoms with E-state index in [9.17, 15) is 14.5 Å². The zero-order chi connectivity index (χ0) is 26.0. The summed E-state index contributed by atoms with van der Waals surface area (Å²) in [6, 6.07) is 8.89. The number of hydrogen-bond acceptors (Lipinski definition) is 11. The van der Waals surface area contributed by atoms with Gasteiger partial charge in [0, 0.05) is 11.8 Å². The summed E-state index contributed by atoms with van der Waals surface area (Å²) in [4.78, 5) is 45.4. The van der Waals surface area contributed by atoms with E-state index >= 15 is 0 Å². The molecule has 1 saturated heterocycles. The summed E-state index contributed by atoms with van der Waals surface area (Å²) in [6.07, 6.45) is -1.44. The Bertz CT molecular complexity index is 1260. The summed E-state index contributed by atoms with van der Waals surface area (Å²) in [5.41, 5.74) is 10.5. The van der Waals surface area contributed by atoms with Crippen LogP contribution in [0, 0.1) is 5.41 Å². The quantitative estimate of drug-likeness (QED) is 0.249. The minimum atomic E-state index is -2.24. The predicted molar refractivity (Wildman–Crippen MR) is 131 cm³/mol. The molecule has 1 fully saturated rings. The van der Waals surface area contributed by atoms with Crippen molar-refractivity contribution in [1.29, 1.82) is 0 Å². The van der Waals surface area contributed by atoms with E-state index in [1.165, 1.54) is 6.33 Å². The van der Waals surface area contributed by atoms with Crippen LogP contribution in [0.25, 0.3) is 11.2 Å². The Hall–Kier alpha value is -3.09. The van der Waals surface area contributed by atoms with E-state index in [1.54, 1.807) is 28.8 Å². The zero-order valence-electron chi connectivity index (χ0n) is 20.0. The molecule has 1 aromatic carbocycles. The molecular formula is C22H29N6O7P. The predicted octanol–water partition coefficient (Wildman–Crippen LogP) is 1.59. The number of carbonyl (C=O) groups is 1. The summed E-state index contributed by atoms with van der Waals surface area (Å²) in [6.45, 7) is 5.35. The number of esters is 1. The first kappa shape index (κ1) is 26.0. The van der Waals surface area contributed by atoms with Crippen LogP contribution in [0.1, 0.15) is 33.4 Å². The highest BCUT2D eigenvalue weighted by molar-refractivity contribution is 7.43. The Labute approximate surface area is 207 Å². The zero-order valence-corrected chi connectivity index (χ0v) is 20.9. The van der Waals surface area contributed by atoms with Crippen molar-refractivity contribution < 1.29 is 28.4 Å². The third kappa shape index (κ3) is 5.82. The summed E-state index contributed by atoms with van der Waals surface area (Å²) < 4.78 is 24.8. The highest BCUT2D eigenvalue weighted by Gasteiger charge is 2.48. The van der Waals surface area contributed by atoms with E-state index in [1.807, 2.05) is 26.8 Å². The molecule has 3 aromatic rings. The number of H-pyrrole nitrogens is 1. The number of para-hydroxylation sites is 1. The van der Waals surface area contributed by atoms with Gasteiger partial charge in [0.05, 0.1) is 12.4 Å². The first-order valence-electron chi connectivity index (χ1n) is 11.2. The second-order valence-electron chi connectivity index (χ2n) is 9.39. The van der Waals surface area contributed by atoms with Crippen LogP contribution in [0.3, 0.4) is 0 Å². The third-order valence-corrected chi connectivity index (χ3v) is 6.12. The van der Waals surface area contributed by atoms with Crippen molar-refractivity contribution in [1.82, 2.24) is 19.5 Å². The van der Waals surface area contributed by atoms with Crippen LogP contribution >= 0.6 is 8.53 Å². The molecule has 0 bridgehead atoms. The van der Waals surface area contributed by atoms with E-state index in [2.05, 4.69) is 15.0 Å². The molecule has 1 aliphatic rings. The van der Waals surface area contributed by atoms with Gasteiger partial charge >= 0.3 is 5.97 Å². The number of imidazole rings is 1. The normalized spacial score (nSPS) is 21.9. The second-order valence-corrected chi connectivity index (χ2v) is 10.2. The Morgan fingerprint density at radius 2 is 2.08 bits per heavy atom. The number of carbonyl (C=O) groups excluding carboxylic acids is 1. The smallest absolute Gasteiger partial charge is 0.344 e. The van der Waals surface area contributed by atoms with E-state index < -0.39 is 50.0 Å². The maximum atomic E-state index is 12.7. The summed E-state index contributed by atoms with van der Waals surface area (Å²) >= 11 is 0. The van der Waals surface area contributed by atoms with Crippen molar-refractivity contribution in [2.24, 2.45) is 10.9 Å². The number of aromatic amines is 1. The minimum absolute atomic E-state index is 0.0719. The standard InChI is InChI=1S/C22H29N6O7P/c1-22(2,3)18(34-15(29)10-32-12-7-5-4-6-8-12)17-13(35-36(24)31)9-14(33-17)28-11-25-16-19(28)26-21(23)27-20(16)30/h4-8,11,13-14,17-18,31H,9-10,24H2,1-3H3,(H3,23,26,27,30)/t13-,14+,17-,18?,36?/m0/s1. The van der Waals surface area contributed by atoms with Crippen LogP contribution < -0.4 is 21.5 Å². The van der Waals surface area contributed by atoms with Crippen molar-refractivity contribution in [3.8, 4) is 5.75 Å². The van der Waals surface area contributed by atoms with Gasteiger partial charge in [-0.15, -0.1) is 0 Å². The summed E-state index contributed by atoms with van der Waals surface area (Å²) in [5, 5.41) is 0. The van der Waals surface area contributed by atoms with Crippen molar-refractivity contribution in [2.75, 3.05) is 12.3 Å².